The summed E-state index contributed by atoms with van der Waals surface area (Å²) >= 11 is 0. The fourth-order valence-electron chi connectivity index (χ4n) is 3.46. The van der Waals surface area contributed by atoms with Gasteiger partial charge in [0.2, 0.25) is 5.91 Å². The summed E-state index contributed by atoms with van der Waals surface area (Å²) in [6.45, 7) is -18.5. The quantitative estimate of drug-likeness (QED) is 0.934. The molecule has 1 aromatic carbocycles. The Morgan fingerprint density at radius 2 is 2.42 bits per heavy atom. The molecule has 4 heteroatoms. The van der Waals surface area contributed by atoms with Crippen molar-refractivity contribution in [2.45, 2.75) is 26.2 Å². The van der Waals surface area contributed by atoms with E-state index in [9.17, 15) is 4.79 Å². The lowest BCUT2D eigenvalue weighted by Crippen LogP contribution is -2.47. The predicted octanol–water partition coefficient (Wildman–Crippen LogP) is 2.91. The van der Waals surface area contributed by atoms with E-state index in [0.717, 1.165) is 4.90 Å². The summed E-state index contributed by atoms with van der Waals surface area (Å²) in [4.78, 5) is 17.0. The number of aromatic nitrogens is 1. The summed E-state index contributed by atoms with van der Waals surface area (Å²) < 4.78 is 127. The number of likely N-dealkylation sites (N-methyl/N-ethyl adjacent to an activating group) is 1. The van der Waals surface area contributed by atoms with Crippen LogP contribution in [0.25, 0.3) is 16.5 Å². The van der Waals surface area contributed by atoms with Crippen molar-refractivity contribution in [1.29, 1.82) is 0 Å². The van der Waals surface area contributed by atoms with Crippen molar-refractivity contribution in [1.82, 2.24) is 14.8 Å². The molecule has 2 atom stereocenters. The first-order chi connectivity index (χ1) is 17.9. The molecule has 2 aromatic rings. The molecular weight excluding hydrogens is 298 g/mol. The van der Waals surface area contributed by atoms with Gasteiger partial charge in [-0.15, -0.1) is 0 Å². The molecule has 1 amide bonds. The molecule has 0 unspecified atom stereocenters. The summed E-state index contributed by atoms with van der Waals surface area (Å²) in [7, 11) is 0. The third-order valence-electron chi connectivity index (χ3n) is 4.55. The summed E-state index contributed by atoms with van der Waals surface area (Å²) in [5.41, 5.74) is 0.927. The van der Waals surface area contributed by atoms with Crippen molar-refractivity contribution < 1.29 is 26.7 Å². The van der Waals surface area contributed by atoms with E-state index in [1.807, 2.05) is 0 Å². The number of benzene rings is 1. The van der Waals surface area contributed by atoms with Crippen LogP contribution in [0.2, 0.25) is 0 Å². The second-order valence-electron chi connectivity index (χ2n) is 5.80. The number of fused-ring (bicyclic) bond motifs is 2. The fraction of sp³-hybridized carbons (Fsp3) is 0.450. The van der Waals surface area contributed by atoms with Crippen LogP contribution in [0.15, 0.2) is 30.4 Å². The summed E-state index contributed by atoms with van der Waals surface area (Å²) in [5, 5.41) is 0.361. The van der Waals surface area contributed by atoms with Crippen LogP contribution in [0, 0.1) is 5.92 Å². The van der Waals surface area contributed by atoms with E-state index in [2.05, 4.69) is 4.98 Å². The first-order valence-electron chi connectivity index (χ1n) is 15.4. The summed E-state index contributed by atoms with van der Waals surface area (Å²) in [6, 6.07) is -0.192. The lowest BCUT2D eigenvalue weighted by Gasteiger charge is -2.40. The van der Waals surface area contributed by atoms with Crippen molar-refractivity contribution >= 4 is 22.4 Å². The van der Waals surface area contributed by atoms with Gasteiger partial charge in [-0.25, -0.2) is 0 Å². The maximum atomic E-state index is 13.8. The highest BCUT2D eigenvalue weighted by molar-refractivity contribution is 5.99. The standard InChI is InChI=1S/C20H25N3O/c1-4-23(5-2)20(24)14-9-16-15-7-6-8-17-19(15)13(11-21-17)10-18(16)22(3)12-14/h6-9,11,14,18,21H,4-5,10,12H2,1-3H3/t14-,18-/m1/s1/i1D3,2D3,3D3,4D2,5D2,6D,8D,11D. The summed E-state index contributed by atoms with van der Waals surface area (Å²) in [5.74, 6) is -3.31. The molecule has 0 fully saturated rings. The smallest absolute Gasteiger partial charge is 0.230 e. The van der Waals surface area contributed by atoms with Crippen LogP contribution in [0.3, 0.4) is 0 Å². The molecule has 2 aliphatic rings. The monoisotopic (exact) mass is 339 g/mol. The maximum Gasteiger partial charge on any atom is 0.230 e. The zero-order valence-corrected chi connectivity index (χ0v) is 12.5. The Morgan fingerprint density at radius 3 is 3.21 bits per heavy atom. The Morgan fingerprint density at radius 1 is 1.54 bits per heavy atom. The summed E-state index contributed by atoms with van der Waals surface area (Å²) in [6.07, 6.45) is 1.09. The number of carbonyl (C=O) groups excluding carboxylic acids is 1. The highest BCUT2D eigenvalue weighted by atomic mass is 16.2. The normalized spacial score (nSPS) is 35.6. The van der Waals surface area contributed by atoms with Gasteiger partial charge in [0, 0.05) is 60.5 Å². The average Bonchev–Trinajstić information content (AvgIpc) is 3.11. The van der Waals surface area contributed by atoms with Crippen molar-refractivity contribution in [3.05, 3.63) is 41.5 Å². The van der Waals surface area contributed by atoms with Gasteiger partial charge in [-0.2, -0.15) is 0 Å². The molecule has 4 nitrogen and oxygen atoms in total. The van der Waals surface area contributed by atoms with Gasteiger partial charge >= 0.3 is 0 Å². The topological polar surface area (TPSA) is 39.3 Å². The third-order valence-corrected chi connectivity index (χ3v) is 4.55. The molecule has 1 aromatic heterocycles. The molecule has 0 spiro atoms. The van der Waals surface area contributed by atoms with E-state index in [0.29, 0.717) is 10.9 Å². The van der Waals surface area contributed by atoms with Crippen molar-refractivity contribution in [2.24, 2.45) is 5.92 Å². The molecule has 0 radical (unpaired) electrons. The molecule has 1 aliphatic carbocycles. The largest absolute Gasteiger partial charge is 0.361 e. The number of amides is 1. The Labute approximate surface area is 165 Å². The minimum absolute atomic E-state index is 0.0380. The van der Waals surface area contributed by atoms with Crippen LogP contribution >= 0.6 is 0 Å². The minimum atomic E-state index is -3.81. The highest BCUT2D eigenvalue weighted by Gasteiger charge is 2.36. The van der Waals surface area contributed by atoms with Gasteiger partial charge in [0.05, 0.1) is 10.0 Å². The van der Waals surface area contributed by atoms with Crippen molar-refractivity contribution in [3.63, 3.8) is 0 Å². The van der Waals surface area contributed by atoms with Gasteiger partial charge in [0.15, 0.2) is 0 Å². The number of nitrogens with one attached hydrogen (secondary N) is 1. The average molecular weight is 340 g/mol. The van der Waals surface area contributed by atoms with Crippen LogP contribution in [0.5, 0.6) is 0 Å². The van der Waals surface area contributed by atoms with Gasteiger partial charge in [-0.3, -0.25) is 9.69 Å². The number of H-pyrrole nitrogens is 1. The number of rotatable bonds is 3. The molecule has 1 aliphatic heterocycles. The number of nitrogens with zero attached hydrogens (tertiary/aromatic N) is 2. The molecule has 0 bridgehead atoms. The molecule has 4 rings (SSSR count). The van der Waals surface area contributed by atoms with E-state index < -0.39 is 63.0 Å². The maximum absolute atomic E-state index is 13.8. The SMILES string of the molecule is [2H]c1cc2c3c(c([2H])[nH]c3c1[2H])C[C@@H]1C2=C[C@@H](C(=O)N(C([2H])([2H])C([2H])([2H])[2H])C([2H])([2H])C([2H])([2H])[2H])CN1C([2H])([2H])[2H]. The Balaban J connectivity index is 1.97. The zero-order valence-electron chi connectivity index (χ0n) is 28.5. The van der Waals surface area contributed by atoms with Gasteiger partial charge in [0.25, 0.3) is 0 Å². The predicted molar refractivity (Wildman–Crippen MR) is 97.8 cm³/mol. The van der Waals surface area contributed by atoms with E-state index in [1.54, 1.807) is 0 Å². The lowest BCUT2D eigenvalue weighted by molar-refractivity contribution is -0.134. The van der Waals surface area contributed by atoms with Gasteiger partial charge in [-0.1, -0.05) is 18.2 Å². The van der Waals surface area contributed by atoms with Crippen LogP contribution in [0.4, 0.5) is 0 Å². The van der Waals surface area contributed by atoms with Crippen molar-refractivity contribution in [3.8, 4) is 0 Å². The first kappa shape index (κ1) is 5.73. The zero-order chi connectivity index (χ0) is 30.5. The van der Waals surface area contributed by atoms with E-state index in [1.165, 1.54) is 12.1 Å². The van der Waals surface area contributed by atoms with Crippen LogP contribution in [0.1, 0.15) is 46.8 Å². The molecular formula is C20H25N3O. The number of hydrogen-bond acceptors (Lipinski definition) is 2. The number of carbonyl (C=O) groups is 1. The molecule has 0 saturated heterocycles. The van der Waals surface area contributed by atoms with Gasteiger partial charge < -0.3 is 9.88 Å². The van der Waals surface area contributed by atoms with Crippen LogP contribution in [-0.4, -0.2) is 53.2 Å². The molecule has 126 valence electrons. The lowest BCUT2D eigenvalue weighted by atomic mass is 9.79. The van der Waals surface area contributed by atoms with Crippen molar-refractivity contribution in [2.75, 3.05) is 26.5 Å². The second kappa shape index (κ2) is 5.78. The number of hydrogen-bond donors (Lipinski definition) is 1. The van der Waals surface area contributed by atoms with Crippen LogP contribution in [-0.2, 0) is 11.2 Å². The molecule has 24 heavy (non-hydrogen) atoms. The highest BCUT2D eigenvalue weighted by Crippen LogP contribution is 2.40. The Bertz CT molecular complexity index is 1370. The van der Waals surface area contributed by atoms with Crippen LogP contribution < -0.4 is 0 Å². The second-order valence-corrected chi connectivity index (χ2v) is 5.80. The number of aromatic amines is 1. The fourth-order valence-corrected chi connectivity index (χ4v) is 3.46. The Kier molecular flexibility index (Phi) is 1.38. The molecule has 0 saturated carbocycles. The Hall–Kier alpha value is -2.07. The molecule has 1 N–H and O–H groups in total. The third kappa shape index (κ3) is 2.20. The minimum Gasteiger partial charge on any atom is -0.361 e. The molecule has 2 heterocycles. The van der Waals surface area contributed by atoms with Gasteiger partial charge in [0.1, 0.15) is 0 Å². The van der Waals surface area contributed by atoms with Gasteiger partial charge in [-0.05, 0) is 49.8 Å². The van der Waals surface area contributed by atoms with E-state index in [-0.39, 0.29) is 41.3 Å². The first-order valence-corrected chi connectivity index (χ1v) is 7.37. The van der Waals surface area contributed by atoms with E-state index >= 15 is 0 Å². The van der Waals surface area contributed by atoms with E-state index in [4.69, 9.17) is 21.9 Å².